The van der Waals surface area contributed by atoms with Gasteiger partial charge in [0.2, 0.25) is 0 Å². The molecule has 0 unspecified atom stereocenters. The molecule has 2 aromatic heterocycles. The van der Waals surface area contributed by atoms with Crippen LogP contribution in [0, 0.1) is 0 Å². The summed E-state index contributed by atoms with van der Waals surface area (Å²) in [6.45, 7) is 0.822. The predicted molar refractivity (Wildman–Crippen MR) is 101 cm³/mol. The van der Waals surface area contributed by atoms with Crippen molar-refractivity contribution in [1.82, 2.24) is 14.9 Å². The van der Waals surface area contributed by atoms with Gasteiger partial charge in [0.05, 0.1) is 5.52 Å². The summed E-state index contributed by atoms with van der Waals surface area (Å²) >= 11 is 0. The fraction of sp³-hybridized carbons (Fsp3) is 0.150. The minimum Gasteiger partial charge on any atom is -0.383 e. The van der Waals surface area contributed by atoms with Crippen LogP contribution in [-0.2, 0) is 13.6 Å². The number of nitrogens with one attached hydrogen (secondary N) is 1. The summed E-state index contributed by atoms with van der Waals surface area (Å²) in [5.74, 6) is 0.570. The van der Waals surface area contributed by atoms with Gasteiger partial charge in [-0.05, 0) is 30.8 Å². The number of nitrogen functional groups attached to an aromatic ring is 1. The Morgan fingerprint density at radius 3 is 2.75 bits per heavy atom. The number of benzene rings is 2. The predicted octanol–water partition coefficient (Wildman–Crippen LogP) is 3.70. The Morgan fingerprint density at radius 2 is 1.92 bits per heavy atom. The Kier molecular flexibility index (Phi) is 3.47. The van der Waals surface area contributed by atoms with Crippen LogP contribution in [0.4, 0.5) is 5.82 Å². The van der Waals surface area contributed by atoms with E-state index in [0.717, 1.165) is 28.6 Å². The molecule has 4 rings (SSSR count). The van der Waals surface area contributed by atoms with Crippen molar-refractivity contribution in [1.29, 1.82) is 0 Å². The van der Waals surface area contributed by atoms with E-state index in [1.54, 1.807) is 0 Å². The van der Waals surface area contributed by atoms with Gasteiger partial charge in [-0.3, -0.25) is 0 Å². The van der Waals surface area contributed by atoms with Gasteiger partial charge < -0.3 is 15.6 Å². The molecule has 0 bridgehead atoms. The number of hydrogen-bond acceptors (Lipinski definition) is 3. The molecule has 120 valence electrons. The first-order valence-electron chi connectivity index (χ1n) is 8.05. The van der Waals surface area contributed by atoms with Gasteiger partial charge in [-0.15, -0.1) is 0 Å². The van der Waals surface area contributed by atoms with E-state index in [0.29, 0.717) is 5.82 Å². The van der Waals surface area contributed by atoms with E-state index >= 15 is 0 Å². The van der Waals surface area contributed by atoms with Crippen LogP contribution < -0.4 is 11.1 Å². The lowest BCUT2D eigenvalue weighted by molar-refractivity contribution is 0.819. The molecule has 0 saturated heterocycles. The number of nitrogens with two attached hydrogens (primary N) is 1. The van der Waals surface area contributed by atoms with E-state index in [-0.39, 0.29) is 0 Å². The summed E-state index contributed by atoms with van der Waals surface area (Å²) in [6.07, 6.45) is 2.12. The molecule has 0 aliphatic carbocycles. The van der Waals surface area contributed by atoms with Crippen molar-refractivity contribution >= 4 is 27.6 Å². The van der Waals surface area contributed by atoms with Gasteiger partial charge in [-0.2, -0.15) is 0 Å². The Labute approximate surface area is 140 Å². The zero-order chi connectivity index (χ0) is 16.7. The summed E-state index contributed by atoms with van der Waals surface area (Å²) in [5.41, 5.74) is 11.7. The molecule has 2 heterocycles. The standard InChI is InChI=1S/C20H20N4/c1-22-11-13-7-8-14-10-16(20(21)23-18(14)9-13)17-12-24(2)19-6-4-3-5-15(17)19/h3-10,12,22H,11H2,1-2H3,(H2,21,23). The first kappa shape index (κ1) is 14.7. The van der Waals surface area contributed by atoms with Crippen LogP contribution in [0.1, 0.15) is 5.56 Å². The molecule has 0 amide bonds. The number of para-hydroxylation sites is 1. The lowest BCUT2D eigenvalue weighted by atomic mass is 10.0. The molecule has 0 atom stereocenters. The summed E-state index contributed by atoms with van der Waals surface area (Å²) in [6, 6.07) is 16.8. The van der Waals surface area contributed by atoms with Crippen molar-refractivity contribution in [3.63, 3.8) is 0 Å². The molecule has 0 radical (unpaired) electrons. The number of nitrogens with zero attached hydrogens (tertiary/aromatic N) is 2. The average molecular weight is 316 g/mol. The van der Waals surface area contributed by atoms with E-state index in [4.69, 9.17) is 5.73 Å². The SMILES string of the molecule is CNCc1ccc2cc(-c3cn(C)c4ccccc34)c(N)nc2c1. The van der Waals surface area contributed by atoms with Gasteiger partial charge in [0.1, 0.15) is 5.82 Å². The lowest BCUT2D eigenvalue weighted by Crippen LogP contribution is -2.05. The number of hydrogen-bond donors (Lipinski definition) is 2. The molecule has 24 heavy (non-hydrogen) atoms. The number of aryl methyl sites for hydroxylation is 1. The van der Waals surface area contributed by atoms with Crippen LogP contribution in [-0.4, -0.2) is 16.6 Å². The summed E-state index contributed by atoms with van der Waals surface area (Å²) in [4.78, 5) is 4.65. The van der Waals surface area contributed by atoms with Crippen LogP contribution in [0.2, 0.25) is 0 Å². The Bertz CT molecular complexity index is 1050. The van der Waals surface area contributed by atoms with E-state index < -0.39 is 0 Å². The van der Waals surface area contributed by atoms with Gasteiger partial charge in [-0.1, -0.05) is 30.3 Å². The molecular weight excluding hydrogens is 296 g/mol. The number of aromatic nitrogens is 2. The fourth-order valence-corrected chi connectivity index (χ4v) is 3.31. The zero-order valence-corrected chi connectivity index (χ0v) is 13.9. The van der Waals surface area contributed by atoms with E-state index in [9.17, 15) is 0 Å². The highest BCUT2D eigenvalue weighted by Gasteiger charge is 2.13. The van der Waals surface area contributed by atoms with Crippen molar-refractivity contribution in [3.8, 4) is 11.1 Å². The first-order valence-corrected chi connectivity index (χ1v) is 8.05. The number of pyridine rings is 1. The van der Waals surface area contributed by atoms with Crippen molar-refractivity contribution in [2.75, 3.05) is 12.8 Å². The highest BCUT2D eigenvalue weighted by Crippen LogP contribution is 2.34. The minimum absolute atomic E-state index is 0.570. The topological polar surface area (TPSA) is 55.9 Å². The Morgan fingerprint density at radius 1 is 1.08 bits per heavy atom. The molecule has 0 fully saturated rings. The van der Waals surface area contributed by atoms with Gasteiger partial charge in [0, 0.05) is 47.2 Å². The van der Waals surface area contributed by atoms with Gasteiger partial charge in [0.15, 0.2) is 0 Å². The van der Waals surface area contributed by atoms with E-state index in [1.807, 2.05) is 7.05 Å². The molecule has 2 aromatic carbocycles. The third-order valence-corrected chi connectivity index (χ3v) is 4.48. The Balaban J connectivity index is 1.93. The van der Waals surface area contributed by atoms with Crippen LogP contribution >= 0.6 is 0 Å². The second kappa shape index (κ2) is 5.65. The van der Waals surface area contributed by atoms with Crippen molar-refractivity contribution < 1.29 is 0 Å². The summed E-state index contributed by atoms with van der Waals surface area (Å²) in [5, 5.41) is 5.46. The smallest absolute Gasteiger partial charge is 0.132 e. The lowest BCUT2D eigenvalue weighted by Gasteiger charge is -2.08. The summed E-state index contributed by atoms with van der Waals surface area (Å²) in [7, 11) is 4.00. The van der Waals surface area contributed by atoms with Crippen molar-refractivity contribution in [2.45, 2.75) is 6.54 Å². The zero-order valence-electron chi connectivity index (χ0n) is 13.9. The first-order chi connectivity index (χ1) is 11.7. The third kappa shape index (κ3) is 2.32. The monoisotopic (exact) mass is 316 g/mol. The minimum atomic E-state index is 0.570. The largest absolute Gasteiger partial charge is 0.383 e. The molecule has 0 spiro atoms. The summed E-state index contributed by atoms with van der Waals surface area (Å²) < 4.78 is 2.13. The molecule has 0 aliphatic heterocycles. The maximum atomic E-state index is 6.31. The van der Waals surface area contributed by atoms with Gasteiger partial charge in [-0.25, -0.2) is 4.98 Å². The molecule has 3 N–H and O–H groups in total. The molecule has 4 aromatic rings. The molecular formula is C20H20N4. The molecule has 0 saturated carbocycles. The van der Waals surface area contributed by atoms with Crippen molar-refractivity contribution in [3.05, 3.63) is 60.3 Å². The maximum Gasteiger partial charge on any atom is 0.132 e. The van der Waals surface area contributed by atoms with Crippen LogP contribution in [0.3, 0.4) is 0 Å². The Hall–Kier alpha value is -2.85. The third-order valence-electron chi connectivity index (χ3n) is 4.48. The van der Waals surface area contributed by atoms with Gasteiger partial charge in [0.25, 0.3) is 0 Å². The fourth-order valence-electron chi connectivity index (χ4n) is 3.31. The second-order valence-electron chi connectivity index (χ2n) is 6.15. The highest BCUT2D eigenvalue weighted by atomic mass is 14.9. The number of rotatable bonds is 3. The maximum absolute atomic E-state index is 6.31. The quantitative estimate of drug-likeness (QED) is 0.606. The second-order valence-corrected chi connectivity index (χ2v) is 6.15. The van der Waals surface area contributed by atoms with E-state index in [1.165, 1.54) is 16.5 Å². The molecule has 0 aliphatic rings. The molecule has 4 nitrogen and oxygen atoms in total. The number of anilines is 1. The van der Waals surface area contributed by atoms with E-state index in [2.05, 4.69) is 76.6 Å². The van der Waals surface area contributed by atoms with Crippen LogP contribution in [0.25, 0.3) is 32.9 Å². The number of fused-ring (bicyclic) bond motifs is 2. The highest BCUT2D eigenvalue weighted by molar-refractivity contribution is 6.00. The van der Waals surface area contributed by atoms with Crippen LogP contribution in [0.5, 0.6) is 0 Å². The van der Waals surface area contributed by atoms with Crippen molar-refractivity contribution in [2.24, 2.45) is 7.05 Å². The normalized spacial score (nSPS) is 11.4. The average Bonchev–Trinajstić information content (AvgIpc) is 2.92. The molecule has 4 heteroatoms. The van der Waals surface area contributed by atoms with Crippen LogP contribution in [0.15, 0.2) is 54.7 Å². The van der Waals surface area contributed by atoms with Gasteiger partial charge >= 0.3 is 0 Å².